The van der Waals surface area contributed by atoms with Crippen molar-refractivity contribution in [1.29, 1.82) is 0 Å². The standard InChI is InChI=1S/C15H19N3S/c1-15(2,3)13-8-11-12(19-13)5-4-10-9-17-18(7-6-16)14(10)11/h4-5,8-9H,6-7,16H2,1-3H3. The van der Waals surface area contributed by atoms with Gasteiger partial charge in [-0.1, -0.05) is 20.8 Å². The fourth-order valence-electron chi connectivity index (χ4n) is 2.36. The van der Waals surface area contributed by atoms with Gasteiger partial charge in [-0.3, -0.25) is 4.68 Å². The maximum absolute atomic E-state index is 5.67. The van der Waals surface area contributed by atoms with Gasteiger partial charge in [0.15, 0.2) is 0 Å². The molecule has 0 atom stereocenters. The fourth-order valence-corrected chi connectivity index (χ4v) is 3.48. The van der Waals surface area contributed by atoms with Gasteiger partial charge in [0, 0.05) is 26.9 Å². The van der Waals surface area contributed by atoms with Crippen molar-refractivity contribution >= 4 is 32.3 Å². The van der Waals surface area contributed by atoms with E-state index in [9.17, 15) is 0 Å². The molecule has 100 valence electrons. The summed E-state index contributed by atoms with van der Waals surface area (Å²) in [5.74, 6) is 0. The molecule has 2 N–H and O–H groups in total. The monoisotopic (exact) mass is 273 g/mol. The van der Waals surface area contributed by atoms with Crippen molar-refractivity contribution in [2.24, 2.45) is 5.73 Å². The van der Waals surface area contributed by atoms with Crippen LogP contribution < -0.4 is 5.73 Å². The lowest BCUT2D eigenvalue weighted by Gasteiger charge is -2.14. The van der Waals surface area contributed by atoms with Gasteiger partial charge in [-0.2, -0.15) is 5.10 Å². The van der Waals surface area contributed by atoms with Crippen LogP contribution in [0.3, 0.4) is 0 Å². The van der Waals surface area contributed by atoms with Gasteiger partial charge in [-0.25, -0.2) is 0 Å². The third kappa shape index (κ3) is 2.05. The maximum atomic E-state index is 5.67. The Balaban J connectivity index is 2.32. The van der Waals surface area contributed by atoms with E-state index in [1.54, 1.807) is 0 Å². The molecule has 0 unspecified atom stereocenters. The van der Waals surface area contributed by atoms with Crippen molar-refractivity contribution in [1.82, 2.24) is 9.78 Å². The van der Waals surface area contributed by atoms with Gasteiger partial charge in [-0.15, -0.1) is 11.3 Å². The van der Waals surface area contributed by atoms with Crippen molar-refractivity contribution in [3.63, 3.8) is 0 Å². The highest BCUT2D eigenvalue weighted by molar-refractivity contribution is 7.19. The molecule has 0 radical (unpaired) electrons. The van der Waals surface area contributed by atoms with Crippen LogP contribution in [-0.2, 0) is 12.0 Å². The summed E-state index contributed by atoms with van der Waals surface area (Å²) < 4.78 is 3.35. The molecule has 0 saturated carbocycles. The molecule has 0 bridgehead atoms. The SMILES string of the molecule is CC(C)(C)c1cc2c(ccc3cnn(CCN)c32)s1. The predicted molar refractivity (Wildman–Crippen MR) is 82.9 cm³/mol. The fraction of sp³-hybridized carbons (Fsp3) is 0.400. The summed E-state index contributed by atoms with van der Waals surface area (Å²) in [6.07, 6.45) is 1.93. The lowest BCUT2D eigenvalue weighted by molar-refractivity contribution is 0.604. The zero-order valence-electron chi connectivity index (χ0n) is 11.6. The van der Waals surface area contributed by atoms with E-state index in [0.717, 1.165) is 6.54 Å². The first-order chi connectivity index (χ1) is 9.00. The Bertz CT molecular complexity index is 731. The Morgan fingerprint density at radius 2 is 2.11 bits per heavy atom. The third-order valence-corrected chi connectivity index (χ3v) is 4.90. The minimum Gasteiger partial charge on any atom is -0.329 e. The zero-order chi connectivity index (χ0) is 13.6. The van der Waals surface area contributed by atoms with Crippen LogP contribution in [0, 0.1) is 0 Å². The lowest BCUT2D eigenvalue weighted by atomic mass is 9.94. The summed E-state index contributed by atoms with van der Waals surface area (Å²) in [7, 11) is 0. The quantitative estimate of drug-likeness (QED) is 0.776. The van der Waals surface area contributed by atoms with Crippen LogP contribution in [0.4, 0.5) is 0 Å². The molecule has 3 rings (SSSR count). The molecule has 0 fully saturated rings. The molecule has 4 heteroatoms. The van der Waals surface area contributed by atoms with E-state index in [1.165, 1.54) is 25.9 Å². The molecular weight excluding hydrogens is 254 g/mol. The van der Waals surface area contributed by atoms with Gasteiger partial charge in [0.05, 0.1) is 18.3 Å². The molecule has 3 nitrogen and oxygen atoms in total. The van der Waals surface area contributed by atoms with Gasteiger partial charge < -0.3 is 5.73 Å². The predicted octanol–water partition coefficient (Wildman–Crippen LogP) is 3.51. The number of thiophene rings is 1. The van der Waals surface area contributed by atoms with E-state index in [2.05, 4.69) is 44.1 Å². The van der Waals surface area contributed by atoms with Gasteiger partial charge in [0.25, 0.3) is 0 Å². The summed E-state index contributed by atoms with van der Waals surface area (Å²) in [5.41, 5.74) is 7.08. The normalized spacial score (nSPS) is 12.6. The molecule has 0 aliphatic heterocycles. The highest BCUT2D eigenvalue weighted by Gasteiger charge is 2.18. The molecule has 3 aromatic rings. The van der Waals surface area contributed by atoms with Crippen LogP contribution in [-0.4, -0.2) is 16.3 Å². The van der Waals surface area contributed by atoms with Crippen LogP contribution in [0.5, 0.6) is 0 Å². The maximum Gasteiger partial charge on any atom is 0.0769 e. The number of nitrogens with zero attached hydrogens (tertiary/aromatic N) is 2. The number of benzene rings is 1. The first-order valence-electron chi connectivity index (χ1n) is 6.59. The number of hydrogen-bond acceptors (Lipinski definition) is 3. The smallest absolute Gasteiger partial charge is 0.0769 e. The van der Waals surface area contributed by atoms with Crippen molar-refractivity contribution < 1.29 is 0 Å². The van der Waals surface area contributed by atoms with Crippen LogP contribution in [0.25, 0.3) is 21.0 Å². The summed E-state index contributed by atoms with van der Waals surface area (Å²) in [4.78, 5) is 1.41. The second-order valence-electron chi connectivity index (χ2n) is 5.93. The van der Waals surface area contributed by atoms with Crippen molar-refractivity contribution in [2.75, 3.05) is 6.54 Å². The van der Waals surface area contributed by atoms with Crippen LogP contribution in [0.15, 0.2) is 24.4 Å². The second-order valence-corrected chi connectivity index (χ2v) is 7.02. The van der Waals surface area contributed by atoms with Gasteiger partial charge in [0.1, 0.15) is 0 Å². The number of hydrogen-bond donors (Lipinski definition) is 1. The van der Waals surface area contributed by atoms with Crippen LogP contribution in [0.2, 0.25) is 0 Å². The zero-order valence-corrected chi connectivity index (χ0v) is 12.4. The molecule has 1 aromatic carbocycles. The number of rotatable bonds is 2. The van der Waals surface area contributed by atoms with E-state index in [4.69, 9.17) is 5.73 Å². The molecule has 0 saturated heterocycles. The molecule has 0 amide bonds. The Morgan fingerprint density at radius 1 is 1.32 bits per heavy atom. The van der Waals surface area contributed by atoms with E-state index >= 15 is 0 Å². The molecule has 19 heavy (non-hydrogen) atoms. The number of nitrogens with two attached hydrogens (primary N) is 1. The molecule has 0 aliphatic rings. The number of fused-ring (bicyclic) bond motifs is 3. The second kappa shape index (κ2) is 4.32. The van der Waals surface area contributed by atoms with Crippen molar-refractivity contribution in [2.45, 2.75) is 32.7 Å². The molecular formula is C15H19N3S. The first kappa shape index (κ1) is 12.6. The van der Waals surface area contributed by atoms with Crippen LogP contribution in [0.1, 0.15) is 25.6 Å². The highest BCUT2D eigenvalue weighted by Crippen LogP contribution is 2.37. The Kier molecular flexibility index (Phi) is 2.87. The highest BCUT2D eigenvalue weighted by atomic mass is 32.1. The van der Waals surface area contributed by atoms with Gasteiger partial charge in [-0.05, 0) is 23.6 Å². The van der Waals surface area contributed by atoms with Gasteiger partial charge >= 0.3 is 0 Å². The average molecular weight is 273 g/mol. The van der Waals surface area contributed by atoms with E-state index in [0.29, 0.717) is 6.54 Å². The Hall–Kier alpha value is -1.39. The summed E-state index contributed by atoms with van der Waals surface area (Å²) in [6.45, 7) is 8.15. The first-order valence-corrected chi connectivity index (χ1v) is 7.41. The average Bonchev–Trinajstić information content (AvgIpc) is 2.91. The lowest BCUT2D eigenvalue weighted by Crippen LogP contribution is -2.10. The van der Waals surface area contributed by atoms with E-state index in [-0.39, 0.29) is 5.41 Å². The Morgan fingerprint density at radius 3 is 2.79 bits per heavy atom. The minimum atomic E-state index is 0.189. The van der Waals surface area contributed by atoms with Gasteiger partial charge in [0.2, 0.25) is 0 Å². The summed E-state index contributed by atoms with van der Waals surface area (Å²) >= 11 is 1.88. The summed E-state index contributed by atoms with van der Waals surface area (Å²) in [5, 5.41) is 6.95. The van der Waals surface area contributed by atoms with E-state index in [1.807, 2.05) is 22.2 Å². The van der Waals surface area contributed by atoms with Crippen molar-refractivity contribution in [3.8, 4) is 0 Å². The summed E-state index contributed by atoms with van der Waals surface area (Å²) in [6, 6.07) is 6.67. The third-order valence-electron chi connectivity index (χ3n) is 3.38. The van der Waals surface area contributed by atoms with Crippen molar-refractivity contribution in [3.05, 3.63) is 29.3 Å². The molecule has 0 spiro atoms. The Labute approximate surface area is 117 Å². The minimum absolute atomic E-state index is 0.189. The topological polar surface area (TPSA) is 43.8 Å². The molecule has 2 heterocycles. The van der Waals surface area contributed by atoms with E-state index < -0.39 is 0 Å². The largest absolute Gasteiger partial charge is 0.329 e. The molecule has 0 aliphatic carbocycles. The van der Waals surface area contributed by atoms with Crippen LogP contribution >= 0.6 is 11.3 Å². The molecule has 2 aromatic heterocycles. The number of aromatic nitrogens is 2.